The molecule has 0 saturated heterocycles. The predicted molar refractivity (Wildman–Crippen MR) is 109 cm³/mol. The van der Waals surface area contributed by atoms with Gasteiger partial charge in [0.25, 0.3) is 11.5 Å². The van der Waals surface area contributed by atoms with E-state index in [9.17, 15) is 14.0 Å². The van der Waals surface area contributed by atoms with Crippen molar-refractivity contribution in [1.82, 2.24) is 25.3 Å². The lowest BCUT2D eigenvalue weighted by Gasteiger charge is -2.31. The van der Waals surface area contributed by atoms with Gasteiger partial charge in [0, 0.05) is 6.07 Å². The van der Waals surface area contributed by atoms with Crippen molar-refractivity contribution < 1.29 is 13.9 Å². The summed E-state index contributed by atoms with van der Waals surface area (Å²) < 4.78 is 20.9. The van der Waals surface area contributed by atoms with Crippen LogP contribution in [0.25, 0.3) is 5.82 Å². The van der Waals surface area contributed by atoms with Crippen molar-refractivity contribution in [3.63, 3.8) is 0 Å². The number of carbonyl (C=O) groups excluding carboxylic acids is 1. The topological polar surface area (TPSA) is 102 Å². The van der Waals surface area contributed by atoms with Crippen LogP contribution in [0.1, 0.15) is 36.8 Å². The molecule has 2 N–H and O–H groups in total. The van der Waals surface area contributed by atoms with Crippen molar-refractivity contribution in [3.8, 4) is 11.6 Å². The third-order valence-electron chi connectivity index (χ3n) is 4.73. The molecule has 3 aromatic rings. The van der Waals surface area contributed by atoms with Crippen LogP contribution in [0.4, 0.5) is 4.39 Å². The summed E-state index contributed by atoms with van der Waals surface area (Å²) in [5, 5.41) is 13.4. The Morgan fingerprint density at radius 2 is 2.00 bits per heavy atom. The summed E-state index contributed by atoms with van der Waals surface area (Å²) in [5.74, 6) is -0.266. The minimum Gasteiger partial charge on any atom is -0.488 e. The highest BCUT2D eigenvalue weighted by atomic mass is 19.1. The van der Waals surface area contributed by atoms with Gasteiger partial charge in [-0.3, -0.25) is 9.59 Å². The van der Waals surface area contributed by atoms with Crippen molar-refractivity contribution in [3.05, 3.63) is 70.0 Å². The van der Waals surface area contributed by atoms with E-state index >= 15 is 0 Å². The summed E-state index contributed by atoms with van der Waals surface area (Å²) >= 11 is 0. The maximum atomic E-state index is 13.9. The minimum absolute atomic E-state index is 0.102. The van der Waals surface area contributed by atoms with E-state index in [-0.39, 0.29) is 29.2 Å². The predicted octanol–water partition coefficient (Wildman–Crippen LogP) is 2.63. The van der Waals surface area contributed by atoms with Crippen LogP contribution >= 0.6 is 0 Å². The van der Waals surface area contributed by atoms with E-state index < -0.39 is 11.9 Å². The first-order chi connectivity index (χ1) is 14.2. The van der Waals surface area contributed by atoms with Gasteiger partial charge in [0.1, 0.15) is 6.61 Å². The van der Waals surface area contributed by atoms with Crippen molar-refractivity contribution in [2.75, 3.05) is 6.61 Å². The first-order valence-corrected chi connectivity index (χ1v) is 9.45. The van der Waals surface area contributed by atoms with Crippen molar-refractivity contribution in [2.24, 2.45) is 5.41 Å². The fraction of sp³-hybridized carbons (Fsp3) is 0.333. The van der Waals surface area contributed by atoms with Gasteiger partial charge in [-0.05, 0) is 30.5 Å². The first kappa shape index (κ1) is 21.2. The fourth-order valence-corrected chi connectivity index (χ4v) is 2.80. The van der Waals surface area contributed by atoms with Gasteiger partial charge >= 0.3 is 0 Å². The summed E-state index contributed by atoms with van der Waals surface area (Å²) in [6.07, 6.45) is 1.44. The van der Waals surface area contributed by atoms with Crippen LogP contribution in [0.2, 0.25) is 0 Å². The molecule has 0 bridgehead atoms. The highest BCUT2D eigenvalue weighted by molar-refractivity contribution is 5.95. The summed E-state index contributed by atoms with van der Waals surface area (Å²) in [7, 11) is 0. The number of nitrogens with zero attached hydrogens (tertiary/aromatic N) is 3. The Hall–Kier alpha value is -3.49. The molecule has 2 aromatic heterocycles. The van der Waals surface area contributed by atoms with E-state index in [1.54, 1.807) is 25.1 Å². The van der Waals surface area contributed by atoms with Crippen LogP contribution in [-0.2, 0) is 0 Å². The molecule has 8 nitrogen and oxygen atoms in total. The molecule has 0 aliphatic heterocycles. The number of nitrogens with one attached hydrogen (secondary N) is 2. The normalized spacial score (nSPS) is 12.4. The molecule has 0 radical (unpaired) electrons. The Kier molecular flexibility index (Phi) is 6.00. The molecule has 1 atom stereocenters. The van der Waals surface area contributed by atoms with Crippen LogP contribution in [0, 0.1) is 18.2 Å². The number of aromatic nitrogens is 4. The third-order valence-corrected chi connectivity index (χ3v) is 4.73. The van der Waals surface area contributed by atoms with Crippen molar-refractivity contribution in [2.45, 2.75) is 33.7 Å². The lowest BCUT2D eigenvalue weighted by atomic mass is 9.87. The van der Waals surface area contributed by atoms with Crippen LogP contribution in [0.5, 0.6) is 5.75 Å². The number of para-hydroxylation sites is 1. The lowest BCUT2D eigenvalue weighted by Crippen LogP contribution is -2.47. The molecule has 1 unspecified atom stereocenters. The van der Waals surface area contributed by atoms with Crippen LogP contribution in [-0.4, -0.2) is 38.5 Å². The molecule has 0 aliphatic carbocycles. The molecule has 9 heteroatoms. The Morgan fingerprint density at radius 1 is 1.27 bits per heavy atom. The molecule has 0 aliphatic rings. The van der Waals surface area contributed by atoms with E-state index in [2.05, 4.69) is 20.6 Å². The number of benzene rings is 1. The van der Waals surface area contributed by atoms with Crippen LogP contribution in [0.15, 0.2) is 47.4 Å². The Morgan fingerprint density at radius 3 is 2.63 bits per heavy atom. The summed E-state index contributed by atoms with van der Waals surface area (Å²) in [5.41, 5.74) is 0.257. The molecule has 0 saturated carbocycles. The molecule has 158 valence electrons. The molecule has 0 fully saturated rings. The molecule has 1 aromatic carbocycles. The maximum Gasteiger partial charge on any atom is 0.264 e. The molecule has 3 rings (SSSR count). The smallest absolute Gasteiger partial charge is 0.264 e. The SMILES string of the molecule is Cc1c(C(=O)NC(COc2ccccc2F)C(C)(C)C)cnn1-c1ccc(=O)[nH]n1. The average Bonchev–Trinajstić information content (AvgIpc) is 3.07. The molecule has 30 heavy (non-hydrogen) atoms. The average molecular weight is 413 g/mol. The number of hydrogen-bond donors (Lipinski definition) is 2. The van der Waals surface area contributed by atoms with Gasteiger partial charge in [-0.2, -0.15) is 10.2 Å². The highest BCUT2D eigenvalue weighted by Crippen LogP contribution is 2.23. The monoisotopic (exact) mass is 413 g/mol. The third kappa shape index (κ3) is 4.73. The fourth-order valence-electron chi connectivity index (χ4n) is 2.80. The van der Waals surface area contributed by atoms with Gasteiger partial charge in [0.05, 0.1) is 23.5 Å². The Labute approximate surface area is 173 Å². The molecule has 0 spiro atoms. The van der Waals surface area contributed by atoms with Gasteiger partial charge in [-0.25, -0.2) is 14.2 Å². The number of ether oxygens (including phenoxy) is 1. The van der Waals surface area contributed by atoms with E-state index in [1.807, 2.05) is 20.8 Å². The van der Waals surface area contributed by atoms with Crippen molar-refractivity contribution >= 4 is 5.91 Å². The van der Waals surface area contributed by atoms with Gasteiger partial charge < -0.3 is 10.1 Å². The zero-order valence-electron chi connectivity index (χ0n) is 17.3. The number of aromatic amines is 1. The number of H-pyrrole nitrogens is 1. The second kappa shape index (κ2) is 8.48. The van der Waals surface area contributed by atoms with Crippen LogP contribution < -0.4 is 15.6 Å². The Bertz CT molecular complexity index is 1080. The highest BCUT2D eigenvalue weighted by Gasteiger charge is 2.29. The number of rotatable bonds is 6. The molecular weight excluding hydrogens is 389 g/mol. The van der Waals surface area contributed by atoms with E-state index in [1.165, 1.54) is 29.1 Å². The maximum absolute atomic E-state index is 13.9. The lowest BCUT2D eigenvalue weighted by molar-refractivity contribution is 0.0859. The molecule has 1 amide bonds. The summed E-state index contributed by atoms with van der Waals surface area (Å²) in [4.78, 5) is 24.1. The van der Waals surface area contributed by atoms with E-state index in [0.29, 0.717) is 17.1 Å². The van der Waals surface area contributed by atoms with Gasteiger partial charge in [-0.1, -0.05) is 32.9 Å². The number of amides is 1. The van der Waals surface area contributed by atoms with E-state index in [0.717, 1.165) is 0 Å². The number of halogens is 1. The van der Waals surface area contributed by atoms with E-state index in [4.69, 9.17) is 4.74 Å². The summed E-state index contributed by atoms with van der Waals surface area (Å²) in [6, 6.07) is 8.59. The number of carbonyl (C=O) groups is 1. The van der Waals surface area contributed by atoms with Gasteiger partial charge in [-0.15, -0.1) is 0 Å². The largest absolute Gasteiger partial charge is 0.488 e. The number of hydrogen-bond acceptors (Lipinski definition) is 5. The van der Waals surface area contributed by atoms with Gasteiger partial charge in [0.15, 0.2) is 17.4 Å². The molecular formula is C21H24FN5O3. The minimum atomic E-state index is -0.456. The van der Waals surface area contributed by atoms with Crippen LogP contribution in [0.3, 0.4) is 0 Å². The quantitative estimate of drug-likeness (QED) is 0.647. The first-order valence-electron chi connectivity index (χ1n) is 9.45. The van der Waals surface area contributed by atoms with Gasteiger partial charge in [0.2, 0.25) is 0 Å². The summed E-state index contributed by atoms with van der Waals surface area (Å²) in [6.45, 7) is 7.72. The second-order valence-corrected chi connectivity index (χ2v) is 7.97. The zero-order chi connectivity index (χ0) is 21.9. The zero-order valence-corrected chi connectivity index (χ0v) is 17.3. The standard InChI is InChI=1S/C21H24FN5O3/c1-13-14(11-23-27(13)18-9-10-19(28)26-25-18)20(29)24-17(21(2,3)4)12-30-16-8-6-5-7-15(16)22/h5-11,17H,12H2,1-4H3,(H,24,29)(H,26,28). The molecule has 2 heterocycles. The van der Waals surface area contributed by atoms with Crippen molar-refractivity contribution in [1.29, 1.82) is 0 Å². The Balaban J connectivity index is 1.77. The second-order valence-electron chi connectivity index (χ2n) is 7.97.